The summed E-state index contributed by atoms with van der Waals surface area (Å²) >= 11 is 1.69. The Bertz CT molecular complexity index is 441. The third-order valence-electron chi connectivity index (χ3n) is 3.44. The zero-order valence-corrected chi connectivity index (χ0v) is 13.4. The summed E-state index contributed by atoms with van der Waals surface area (Å²) in [6.07, 6.45) is 1.30. The van der Waals surface area contributed by atoms with E-state index < -0.39 is 0 Å². The second-order valence-electron chi connectivity index (χ2n) is 4.68. The molecule has 0 aliphatic carbocycles. The lowest BCUT2D eigenvalue weighted by molar-refractivity contribution is 0.127. The van der Waals surface area contributed by atoms with Crippen LogP contribution in [-0.4, -0.2) is 53.0 Å². The fraction of sp³-hybridized carbons (Fsp3) is 0.769. The molecule has 2 rings (SSSR count). The molecule has 1 aliphatic heterocycles. The van der Waals surface area contributed by atoms with Gasteiger partial charge in [-0.05, 0) is 27.2 Å². The summed E-state index contributed by atoms with van der Waals surface area (Å²) in [4.78, 5) is 15.6. The number of thioether (sulfide) groups is 1. The van der Waals surface area contributed by atoms with Gasteiger partial charge in [-0.2, -0.15) is 15.0 Å². The lowest BCUT2D eigenvalue weighted by Gasteiger charge is -2.20. The highest BCUT2D eigenvalue weighted by Gasteiger charge is 2.26. The van der Waals surface area contributed by atoms with Gasteiger partial charge in [0.15, 0.2) is 5.16 Å². The lowest BCUT2D eigenvalue weighted by atomic mass is 10.3. The third kappa shape index (κ3) is 3.52. The van der Waals surface area contributed by atoms with Crippen LogP contribution in [0.1, 0.15) is 27.2 Å². The van der Waals surface area contributed by atoms with E-state index in [0.717, 1.165) is 37.2 Å². The monoisotopic (exact) mass is 297 g/mol. The van der Waals surface area contributed by atoms with E-state index >= 15 is 0 Å². The molecule has 0 spiro atoms. The molecule has 0 aromatic carbocycles. The molecule has 0 bridgehead atoms. The number of aromatic nitrogens is 3. The average molecular weight is 297 g/mol. The minimum absolute atomic E-state index is 0.256. The fourth-order valence-corrected chi connectivity index (χ4v) is 3.19. The first-order valence-corrected chi connectivity index (χ1v) is 8.02. The van der Waals surface area contributed by atoms with Crippen LogP contribution >= 0.6 is 11.8 Å². The van der Waals surface area contributed by atoms with E-state index in [0.29, 0.717) is 11.2 Å². The molecular weight excluding hydrogens is 274 g/mol. The van der Waals surface area contributed by atoms with Crippen molar-refractivity contribution in [3.63, 3.8) is 0 Å². The Kier molecular flexibility index (Phi) is 5.42. The van der Waals surface area contributed by atoms with Crippen LogP contribution in [0, 0.1) is 0 Å². The Morgan fingerprint density at radius 1 is 1.30 bits per heavy atom. The van der Waals surface area contributed by atoms with Crippen molar-refractivity contribution in [3.05, 3.63) is 0 Å². The summed E-state index contributed by atoms with van der Waals surface area (Å²) in [5, 5.41) is 4.21. The van der Waals surface area contributed by atoms with Gasteiger partial charge in [0.05, 0.1) is 6.10 Å². The zero-order valence-electron chi connectivity index (χ0n) is 12.6. The number of rotatable bonds is 6. The summed E-state index contributed by atoms with van der Waals surface area (Å²) in [7, 11) is 1.83. The van der Waals surface area contributed by atoms with Crippen LogP contribution < -0.4 is 10.2 Å². The number of nitrogens with one attached hydrogen (secondary N) is 1. The topological polar surface area (TPSA) is 63.2 Å². The number of anilines is 2. The normalized spacial score (nSPS) is 22.0. The molecule has 1 N–H and O–H groups in total. The van der Waals surface area contributed by atoms with Crippen molar-refractivity contribution in [2.75, 3.05) is 37.0 Å². The molecule has 1 aliphatic rings. The quantitative estimate of drug-likeness (QED) is 0.862. The minimum Gasteiger partial charge on any atom is -0.377 e. The second kappa shape index (κ2) is 7.08. The number of hydrogen-bond donors (Lipinski definition) is 1. The van der Waals surface area contributed by atoms with Crippen molar-refractivity contribution in [1.82, 2.24) is 15.0 Å². The Morgan fingerprint density at radius 2 is 2.05 bits per heavy atom. The predicted octanol–water partition coefficient (Wildman–Crippen LogP) is 2.03. The first-order chi connectivity index (χ1) is 9.67. The molecule has 1 fully saturated rings. The van der Waals surface area contributed by atoms with Crippen LogP contribution in [0.5, 0.6) is 0 Å². The molecule has 0 saturated carbocycles. The van der Waals surface area contributed by atoms with Crippen LogP contribution in [0.3, 0.4) is 0 Å². The smallest absolute Gasteiger partial charge is 0.231 e. The molecule has 0 radical (unpaired) electrons. The minimum atomic E-state index is 0.256. The SMILES string of the molecule is CCN(CC)c1nc(NC)nc(SC2CCOC2C)n1. The van der Waals surface area contributed by atoms with E-state index in [1.54, 1.807) is 11.8 Å². The molecule has 1 aromatic heterocycles. The number of nitrogens with zero attached hydrogens (tertiary/aromatic N) is 4. The zero-order chi connectivity index (χ0) is 14.5. The molecule has 2 heterocycles. The van der Waals surface area contributed by atoms with Crippen LogP contribution in [0.15, 0.2) is 5.16 Å². The van der Waals surface area contributed by atoms with Crippen LogP contribution in [0.4, 0.5) is 11.9 Å². The molecule has 1 saturated heterocycles. The maximum absolute atomic E-state index is 5.60. The van der Waals surface area contributed by atoms with Gasteiger partial charge in [0, 0.05) is 32.0 Å². The number of ether oxygens (including phenoxy) is 1. The van der Waals surface area contributed by atoms with E-state index in [4.69, 9.17) is 4.74 Å². The second-order valence-corrected chi connectivity index (χ2v) is 5.89. The van der Waals surface area contributed by atoms with E-state index in [1.807, 2.05) is 7.05 Å². The van der Waals surface area contributed by atoms with E-state index in [2.05, 4.69) is 45.9 Å². The van der Waals surface area contributed by atoms with E-state index in [9.17, 15) is 0 Å². The largest absolute Gasteiger partial charge is 0.377 e. The molecule has 6 nitrogen and oxygen atoms in total. The maximum Gasteiger partial charge on any atom is 0.231 e. The predicted molar refractivity (Wildman–Crippen MR) is 82.6 cm³/mol. The Hall–Kier alpha value is -1.08. The third-order valence-corrected chi connectivity index (χ3v) is 4.75. The Balaban J connectivity index is 2.21. The highest BCUT2D eigenvalue weighted by atomic mass is 32.2. The standard InChI is InChI=1S/C13H23N5OS/c1-5-18(6-2)12-15-11(14-4)16-13(17-12)20-10-7-8-19-9(10)3/h9-10H,5-8H2,1-4H3,(H,14,15,16,17). The van der Waals surface area contributed by atoms with Crippen molar-refractivity contribution in [1.29, 1.82) is 0 Å². The molecule has 2 atom stereocenters. The van der Waals surface area contributed by atoms with Crippen molar-refractivity contribution in [2.24, 2.45) is 0 Å². The van der Waals surface area contributed by atoms with Gasteiger partial charge in [0.1, 0.15) is 0 Å². The van der Waals surface area contributed by atoms with E-state index in [1.165, 1.54) is 0 Å². The molecule has 2 unspecified atom stereocenters. The van der Waals surface area contributed by atoms with Crippen LogP contribution in [-0.2, 0) is 4.74 Å². The molecule has 20 heavy (non-hydrogen) atoms. The van der Waals surface area contributed by atoms with Gasteiger partial charge in [-0.3, -0.25) is 0 Å². The van der Waals surface area contributed by atoms with Crippen molar-refractivity contribution >= 4 is 23.7 Å². The van der Waals surface area contributed by atoms with Gasteiger partial charge in [0.25, 0.3) is 0 Å². The molecular formula is C13H23N5OS. The van der Waals surface area contributed by atoms with E-state index in [-0.39, 0.29) is 6.10 Å². The van der Waals surface area contributed by atoms with Crippen molar-refractivity contribution in [3.8, 4) is 0 Å². The summed E-state index contributed by atoms with van der Waals surface area (Å²) < 4.78 is 5.60. The van der Waals surface area contributed by atoms with Crippen molar-refractivity contribution < 1.29 is 4.74 Å². The summed E-state index contributed by atoms with van der Waals surface area (Å²) in [6.45, 7) is 8.91. The summed E-state index contributed by atoms with van der Waals surface area (Å²) in [5.74, 6) is 1.36. The van der Waals surface area contributed by atoms with Gasteiger partial charge < -0.3 is 15.0 Å². The van der Waals surface area contributed by atoms with Crippen LogP contribution in [0.25, 0.3) is 0 Å². The lowest BCUT2D eigenvalue weighted by Crippen LogP contribution is -2.25. The van der Waals surface area contributed by atoms with Crippen molar-refractivity contribution in [2.45, 2.75) is 43.7 Å². The molecule has 1 aromatic rings. The first-order valence-electron chi connectivity index (χ1n) is 7.15. The first kappa shape index (κ1) is 15.3. The van der Waals surface area contributed by atoms with Gasteiger partial charge in [-0.1, -0.05) is 11.8 Å². The van der Waals surface area contributed by atoms with Gasteiger partial charge in [-0.15, -0.1) is 0 Å². The highest BCUT2D eigenvalue weighted by Crippen LogP contribution is 2.31. The Labute approximate surface area is 124 Å². The Morgan fingerprint density at radius 3 is 2.60 bits per heavy atom. The highest BCUT2D eigenvalue weighted by molar-refractivity contribution is 7.99. The molecule has 0 amide bonds. The van der Waals surface area contributed by atoms with Gasteiger partial charge in [-0.25, -0.2) is 0 Å². The molecule has 112 valence electrons. The fourth-order valence-electron chi connectivity index (χ4n) is 2.16. The summed E-state index contributed by atoms with van der Waals surface area (Å²) in [5.41, 5.74) is 0. The van der Waals surface area contributed by atoms with Crippen LogP contribution in [0.2, 0.25) is 0 Å². The maximum atomic E-state index is 5.60. The number of hydrogen-bond acceptors (Lipinski definition) is 7. The average Bonchev–Trinajstić information content (AvgIpc) is 2.85. The van der Waals surface area contributed by atoms with Gasteiger partial charge >= 0.3 is 0 Å². The summed E-state index contributed by atoms with van der Waals surface area (Å²) in [6, 6.07) is 0. The molecule has 7 heteroatoms. The van der Waals surface area contributed by atoms with Gasteiger partial charge in [0.2, 0.25) is 11.9 Å².